The van der Waals surface area contributed by atoms with Gasteiger partial charge >= 0.3 is 6.09 Å². The molecule has 1 unspecified atom stereocenters. The van der Waals surface area contributed by atoms with Crippen molar-refractivity contribution in [2.24, 2.45) is 0 Å². The lowest BCUT2D eigenvalue weighted by Gasteiger charge is -2.22. The van der Waals surface area contributed by atoms with Crippen LogP contribution in [0.2, 0.25) is 0 Å². The number of carbonyl (C=O) groups is 1. The molecule has 0 spiro atoms. The van der Waals surface area contributed by atoms with E-state index in [4.69, 9.17) is 9.47 Å². The minimum Gasteiger partial charge on any atom is -0.493 e. The van der Waals surface area contributed by atoms with E-state index in [1.54, 1.807) is 12.1 Å². The highest BCUT2D eigenvalue weighted by molar-refractivity contribution is 9.10. The molecule has 0 saturated carbocycles. The number of ether oxygens (including phenoxy) is 2. The molecule has 1 aliphatic rings. The van der Waals surface area contributed by atoms with E-state index in [2.05, 4.69) is 26.1 Å². The molecule has 1 atom stereocenters. The van der Waals surface area contributed by atoms with E-state index in [9.17, 15) is 9.18 Å². The van der Waals surface area contributed by atoms with Gasteiger partial charge in [0.25, 0.3) is 0 Å². The van der Waals surface area contributed by atoms with Gasteiger partial charge in [0.1, 0.15) is 17.2 Å². The number of nitrogens with one attached hydrogen (secondary N) is 1. The Morgan fingerprint density at radius 3 is 2.88 bits per heavy atom. The molecule has 25 heavy (non-hydrogen) atoms. The first-order chi connectivity index (χ1) is 11.7. The van der Waals surface area contributed by atoms with Crippen LogP contribution in [-0.4, -0.2) is 48.9 Å². The average molecular weight is 417 g/mol. The topological polar surface area (TPSA) is 50.8 Å². The van der Waals surface area contributed by atoms with Crippen molar-refractivity contribution in [3.8, 4) is 5.75 Å². The molecule has 7 heteroatoms. The summed E-state index contributed by atoms with van der Waals surface area (Å²) in [6.45, 7) is 8.72. The third-order valence-corrected chi connectivity index (χ3v) is 4.41. The fraction of sp³-hybridized carbons (Fsp3) is 0.611. The minimum atomic E-state index is -0.480. The molecular weight excluding hydrogens is 391 g/mol. The Hall–Kier alpha value is -1.34. The fourth-order valence-electron chi connectivity index (χ4n) is 2.67. The first-order valence-corrected chi connectivity index (χ1v) is 9.32. The number of halogens is 2. The molecule has 1 aromatic rings. The predicted octanol–water partition coefficient (Wildman–Crippen LogP) is 3.96. The van der Waals surface area contributed by atoms with Crippen LogP contribution >= 0.6 is 15.9 Å². The van der Waals surface area contributed by atoms with E-state index >= 15 is 0 Å². The fourth-order valence-corrected chi connectivity index (χ4v) is 2.92. The highest BCUT2D eigenvalue weighted by Crippen LogP contribution is 2.21. The Labute approximate surface area is 157 Å². The molecule has 2 rings (SSSR count). The first-order valence-electron chi connectivity index (χ1n) is 8.53. The van der Waals surface area contributed by atoms with Gasteiger partial charge in [-0.1, -0.05) is 0 Å². The Morgan fingerprint density at radius 1 is 1.44 bits per heavy atom. The first kappa shape index (κ1) is 20.0. The highest BCUT2D eigenvalue weighted by atomic mass is 79.9. The second-order valence-electron chi connectivity index (χ2n) is 7.21. The van der Waals surface area contributed by atoms with Gasteiger partial charge in [-0.25, -0.2) is 9.18 Å². The molecular formula is C18H26BrFN2O3. The van der Waals surface area contributed by atoms with Gasteiger partial charge in [-0.2, -0.15) is 0 Å². The number of nitrogens with zero attached hydrogens (tertiary/aromatic N) is 1. The van der Waals surface area contributed by atoms with Crippen molar-refractivity contribution in [2.75, 3.05) is 26.2 Å². The average Bonchev–Trinajstić information content (AvgIpc) is 2.92. The van der Waals surface area contributed by atoms with Crippen LogP contribution in [-0.2, 0) is 4.74 Å². The van der Waals surface area contributed by atoms with Crippen LogP contribution in [0.15, 0.2) is 22.7 Å². The second kappa shape index (κ2) is 8.85. The second-order valence-corrected chi connectivity index (χ2v) is 8.06. The van der Waals surface area contributed by atoms with Gasteiger partial charge in [0.15, 0.2) is 0 Å². The molecule has 5 nitrogen and oxygen atoms in total. The Kier molecular flexibility index (Phi) is 7.07. The zero-order valence-corrected chi connectivity index (χ0v) is 16.6. The van der Waals surface area contributed by atoms with Gasteiger partial charge in [-0.05, 0) is 61.7 Å². The van der Waals surface area contributed by atoms with Gasteiger partial charge in [-0.3, -0.25) is 0 Å². The molecule has 1 heterocycles. The Balaban J connectivity index is 1.63. The smallest absolute Gasteiger partial charge is 0.407 e. The normalized spacial score (nSPS) is 18.2. The summed E-state index contributed by atoms with van der Waals surface area (Å²) < 4.78 is 24.7. The van der Waals surface area contributed by atoms with Gasteiger partial charge in [0.2, 0.25) is 0 Å². The van der Waals surface area contributed by atoms with Crippen molar-refractivity contribution in [1.29, 1.82) is 0 Å². The SMILES string of the molecule is CC(C)(C)OC(=O)NC1CCN(CCCOc2ccc(Br)c(F)c2)C1. The molecule has 1 fully saturated rings. The molecule has 1 aliphatic heterocycles. The van der Waals surface area contributed by atoms with E-state index in [1.807, 2.05) is 20.8 Å². The van der Waals surface area contributed by atoms with Crippen molar-refractivity contribution < 1.29 is 18.7 Å². The van der Waals surface area contributed by atoms with Crippen molar-refractivity contribution in [2.45, 2.75) is 45.3 Å². The number of likely N-dealkylation sites (tertiary alicyclic amines) is 1. The van der Waals surface area contributed by atoms with Crippen LogP contribution in [0.25, 0.3) is 0 Å². The number of carbonyl (C=O) groups excluding carboxylic acids is 1. The van der Waals surface area contributed by atoms with Gasteiger partial charge in [0.05, 0.1) is 11.1 Å². The zero-order valence-electron chi connectivity index (χ0n) is 15.0. The predicted molar refractivity (Wildman–Crippen MR) is 98.4 cm³/mol. The zero-order chi connectivity index (χ0) is 18.4. The van der Waals surface area contributed by atoms with Crippen LogP contribution < -0.4 is 10.1 Å². The van der Waals surface area contributed by atoms with Crippen molar-refractivity contribution in [3.63, 3.8) is 0 Å². The summed E-state index contributed by atoms with van der Waals surface area (Å²) in [5.41, 5.74) is -0.480. The standard InChI is InChI=1S/C18H26BrFN2O3/c1-18(2,3)25-17(23)21-13-7-9-22(12-13)8-4-10-24-14-5-6-15(19)16(20)11-14/h5-6,11,13H,4,7-10,12H2,1-3H3,(H,21,23). The Morgan fingerprint density at radius 2 is 2.20 bits per heavy atom. The van der Waals surface area contributed by atoms with Crippen molar-refractivity contribution in [1.82, 2.24) is 10.2 Å². The molecule has 0 radical (unpaired) electrons. The minimum absolute atomic E-state index is 0.122. The summed E-state index contributed by atoms with van der Waals surface area (Å²) in [4.78, 5) is 14.1. The lowest BCUT2D eigenvalue weighted by atomic mass is 10.2. The number of benzene rings is 1. The molecule has 140 valence electrons. The largest absolute Gasteiger partial charge is 0.493 e. The molecule has 1 aromatic carbocycles. The maximum atomic E-state index is 13.4. The van der Waals surface area contributed by atoms with Gasteiger partial charge in [-0.15, -0.1) is 0 Å². The molecule has 0 aromatic heterocycles. The summed E-state index contributed by atoms with van der Waals surface area (Å²) in [6, 6.07) is 4.87. The summed E-state index contributed by atoms with van der Waals surface area (Å²) in [7, 11) is 0. The Bertz CT molecular complexity index is 592. The lowest BCUT2D eigenvalue weighted by Crippen LogP contribution is -2.40. The quantitative estimate of drug-likeness (QED) is 0.713. The van der Waals surface area contributed by atoms with Crippen LogP contribution in [0.1, 0.15) is 33.6 Å². The summed E-state index contributed by atoms with van der Waals surface area (Å²) >= 11 is 3.12. The van der Waals surface area contributed by atoms with Crippen LogP contribution in [0.3, 0.4) is 0 Å². The summed E-state index contributed by atoms with van der Waals surface area (Å²) in [6.07, 6.45) is 1.40. The van der Waals surface area contributed by atoms with Gasteiger partial charge in [0, 0.05) is 31.7 Å². The van der Waals surface area contributed by atoms with Gasteiger partial charge < -0.3 is 19.7 Å². The van der Waals surface area contributed by atoms with E-state index < -0.39 is 5.60 Å². The lowest BCUT2D eigenvalue weighted by molar-refractivity contribution is 0.0505. The molecule has 1 amide bonds. The third-order valence-electron chi connectivity index (χ3n) is 3.77. The number of hydrogen-bond acceptors (Lipinski definition) is 4. The van der Waals surface area contributed by atoms with E-state index in [0.29, 0.717) is 16.8 Å². The third kappa shape index (κ3) is 7.20. The number of rotatable bonds is 6. The van der Waals surface area contributed by atoms with Crippen LogP contribution in [0, 0.1) is 5.82 Å². The highest BCUT2D eigenvalue weighted by Gasteiger charge is 2.25. The number of hydrogen-bond donors (Lipinski definition) is 1. The molecule has 0 bridgehead atoms. The van der Waals surface area contributed by atoms with E-state index in [0.717, 1.165) is 32.5 Å². The number of amides is 1. The summed E-state index contributed by atoms with van der Waals surface area (Å²) in [5, 5.41) is 2.91. The maximum Gasteiger partial charge on any atom is 0.407 e. The summed E-state index contributed by atoms with van der Waals surface area (Å²) in [5.74, 6) is 0.208. The van der Waals surface area contributed by atoms with Crippen molar-refractivity contribution >= 4 is 22.0 Å². The van der Waals surface area contributed by atoms with Crippen LogP contribution in [0.4, 0.5) is 9.18 Å². The van der Waals surface area contributed by atoms with E-state index in [-0.39, 0.29) is 18.0 Å². The maximum absolute atomic E-state index is 13.4. The van der Waals surface area contributed by atoms with Crippen LogP contribution in [0.5, 0.6) is 5.75 Å². The monoisotopic (exact) mass is 416 g/mol. The molecule has 1 saturated heterocycles. The number of alkyl carbamates (subject to hydrolysis) is 1. The van der Waals surface area contributed by atoms with Crippen molar-refractivity contribution in [3.05, 3.63) is 28.5 Å². The molecule has 1 N–H and O–H groups in total. The molecule has 0 aliphatic carbocycles. The van der Waals surface area contributed by atoms with E-state index in [1.165, 1.54) is 6.07 Å².